The van der Waals surface area contributed by atoms with Crippen molar-refractivity contribution in [1.29, 1.82) is 5.41 Å². The zero-order chi connectivity index (χ0) is 25.2. The third-order valence-corrected chi connectivity index (χ3v) is 6.54. The zero-order valence-corrected chi connectivity index (χ0v) is 22.1. The Morgan fingerprint density at radius 1 is 1.06 bits per heavy atom. The number of aromatic nitrogens is 1. The molecule has 0 radical (unpaired) electrons. The van der Waals surface area contributed by atoms with E-state index in [1.165, 1.54) is 4.88 Å². The number of nitrogens with two attached hydrogens (primary N) is 1. The van der Waals surface area contributed by atoms with Gasteiger partial charge in [0.25, 0.3) is 0 Å². The third kappa shape index (κ3) is 8.37. The molecule has 0 bridgehead atoms. The molecule has 2 aromatic carbocycles. The molecule has 0 saturated carbocycles. The minimum absolute atomic E-state index is 0.0423. The Bertz CT molecular complexity index is 1060. The molecule has 0 aliphatic rings. The SMILES string of the molecule is CCCCC(Oc1ccc(C(=N)N)cc1)Oc1ccc(-c2nc(C)sc2CCNCC(C)C)cc1. The molecule has 188 valence electrons. The van der Waals surface area contributed by atoms with Gasteiger partial charge in [-0.2, -0.15) is 0 Å². The van der Waals surface area contributed by atoms with Crippen molar-refractivity contribution in [1.82, 2.24) is 10.3 Å². The van der Waals surface area contributed by atoms with Crippen LogP contribution in [0.25, 0.3) is 11.3 Å². The summed E-state index contributed by atoms with van der Waals surface area (Å²) in [6, 6.07) is 15.4. The summed E-state index contributed by atoms with van der Waals surface area (Å²) in [6.07, 6.45) is 3.42. The molecule has 1 unspecified atom stereocenters. The monoisotopic (exact) mass is 494 g/mol. The van der Waals surface area contributed by atoms with Crippen LogP contribution in [0.5, 0.6) is 11.5 Å². The Labute approximate surface area is 213 Å². The molecule has 4 N–H and O–H groups in total. The van der Waals surface area contributed by atoms with Crippen molar-refractivity contribution in [2.24, 2.45) is 11.7 Å². The van der Waals surface area contributed by atoms with Gasteiger partial charge in [-0.3, -0.25) is 5.41 Å². The Morgan fingerprint density at radius 3 is 2.26 bits per heavy atom. The highest BCUT2D eigenvalue weighted by molar-refractivity contribution is 7.12. The van der Waals surface area contributed by atoms with Crippen molar-refractivity contribution in [3.8, 4) is 22.8 Å². The summed E-state index contributed by atoms with van der Waals surface area (Å²) in [7, 11) is 0. The van der Waals surface area contributed by atoms with Gasteiger partial charge in [0, 0.05) is 29.0 Å². The molecule has 3 rings (SSSR count). The van der Waals surface area contributed by atoms with Crippen LogP contribution in [-0.2, 0) is 6.42 Å². The number of benzene rings is 2. The molecule has 0 fully saturated rings. The van der Waals surface area contributed by atoms with E-state index in [4.69, 9.17) is 25.6 Å². The number of hydrogen-bond acceptors (Lipinski definition) is 6. The summed E-state index contributed by atoms with van der Waals surface area (Å²) in [5.74, 6) is 2.15. The van der Waals surface area contributed by atoms with Crippen molar-refractivity contribution in [2.45, 2.75) is 59.7 Å². The number of thiazole rings is 1. The number of unbranched alkanes of at least 4 members (excludes halogenated alkanes) is 1. The van der Waals surface area contributed by atoms with Gasteiger partial charge in [0.1, 0.15) is 17.3 Å². The van der Waals surface area contributed by atoms with E-state index in [1.807, 2.05) is 24.3 Å². The van der Waals surface area contributed by atoms with Gasteiger partial charge in [0.2, 0.25) is 6.29 Å². The number of ether oxygens (including phenoxy) is 2. The zero-order valence-electron chi connectivity index (χ0n) is 21.3. The first-order valence-electron chi connectivity index (χ1n) is 12.4. The van der Waals surface area contributed by atoms with Gasteiger partial charge in [0.15, 0.2) is 0 Å². The molecule has 0 amide bonds. The minimum atomic E-state index is -0.395. The van der Waals surface area contributed by atoms with Crippen molar-refractivity contribution < 1.29 is 9.47 Å². The van der Waals surface area contributed by atoms with Gasteiger partial charge in [0.05, 0.1) is 10.7 Å². The second-order valence-electron chi connectivity index (χ2n) is 9.12. The fourth-order valence-electron chi connectivity index (χ4n) is 3.68. The average molecular weight is 495 g/mol. The Kier molecular flexibility index (Phi) is 10.1. The van der Waals surface area contributed by atoms with Gasteiger partial charge in [-0.1, -0.05) is 27.2 Å². The van der Waals surface area contributed by atoms with E-state index in [-0.39, 0.29) is 5.84 Å². The molecule has 7 heteroatoms. The van der Waals surface area contributed by atoms with Gasteiger partial charge in [-0.15, -0.1) is 11.3 Å². The Balaban J connectivity index is 1.66. The van der Waals surface area contributed by atoms with Crippen LogP contribution in [0, 0.1) is 18.3 Å². The Morgan fingerprint density at radius 2 is 1.69 bits per heavy atom. The molecule has 6 nitrogen and oxygen atoms in total. The number of hydrogen-bond donors (Lipinski definition) is 3. The minimum Gasteiger partial charge on any atom is -0.455 e. The van der Waals surface area contributed by atoms with Crippen molar-refractivity contribution in [3.05, 3.63) is 64.0 Å². The summed E-state index contributed by atoms with van der Waals surface area (Å²) >= 11 is 1.77. The smallest absolute Gasteiger partial charge is 0.241 e. The summed E-state index contributed by atoms with van der Waals surface area (Å²) in [4.78, 5) is 6.11. The lowest BCUT2D eigenvalue weighted by atomic mass is 10.1. The molecular formula is C28H38N4O2S. The van der Waals surface area contributed by atoms with Crippen molar-refractivity contribution >= 4 is 17.2 Å². The van der Waals surface area contributed by atoms with Crippen molar-refractivity contribution in [2.75, 3.05) is 13.1 Å². The van der Waals surface area contributed by atoms with Crippen LogP contribution in [0.3, 0.4) is 0 Å². The highest BCUT2D eigenvalue weighted by Gasteiger charge is 2.15. The standard InChI is InChI=1S/C28H38N4O2S/c1-5-6-7-26(34-24-14-10-22(11-15-24)28(29)30)33-23-12-8-21(9-13-23)27-25(35-20(4)32-27)16-17-31-18-19(2)3/h8-15,19,26,31H,5-7,16-18H2,1-4H3,(H3,29,30). The molecule has 3 aromatic rings. The molecule has 0 spiro atoms. The van der Waals surface area contributed by atoms with E-state index in [0.29, 0.717) is 17.2 Å². The number of amidine groups is 1. The summed E-state index contributed by atoms with van der Waals surface area (Å²) in [5, 5.41) is 12.2. The van der Waals surface area contributed by atoms with Crippen LogP contribution in [0.4, 0.5) is 0 Å². The van der Waals surface area contributed by atoms with Crippen LogP contribution in [0.2, 0.25) is 0 Å². The fraction of sp³-hybridized carbons (Fsp3) is 0.429. The van der Waals surface area contributed by atoms with E-state index in [9.17, 15) is 0 Å². The normalized spacial score (nSPS) is 12.0. The lowest BCUT2D eigenvalue weighted by molar-refractivity contribution is -0.00211. The molecule has 0 aliphatic heterocycles. The predicted octanol–water partition coefficient (Wildman–Crippen LogP) is 6.16. The van der Waals surface area contributed by atoms with Crippen molar-refractivity contribution in [3.63, 3.8) is 0 Å². The average Bonchev–Trinajstić information content (AvgIpc) is 3.21. The first kappa shape index (κ1) is 26.7. The molecule has 0 aliphatic carbocycles. The molecule has 1 atom stereocenters. The van der Waals surface area contributed by atoms with Gasteiger partial charge >= 0.3 is 0 Å². The quantitative estimate of drug-likeness (QED) is 0.108. The maximum atomic E-state index is 7.54. The molecule has 1 aromatic heterocycles. The number of nitrogen functional groups attached to an aromatic ring is 1. The first-order valence-corrected chi connectivity index (χ1v) is 13.2. The lowest BCUT2D eigenvalue weighted by Gasteiger charge is -2.21. The van der Waals surface area contributed by atoms with Crippen LogP contribution in [0.1, 0.15) is 55.5 Å². The highest BCUT2D eigenvalue weighted by Crippen LogP contribution is 2.30. The largest absolute Gasteiger partial charge is 0.455 e. The van der Waals surface area contributed by atoms with Crippen LogP contribution >= 0.6 is 11.3 Å². The predicted molar refractivity (Wildman–Crippen MR) is 146 cm³/mol. The number of rotatable bonds is 14. The summed E-state index contributed by atoms with van der Waals surface area (Å²) in [5.41, 5.74) is 8.39. The number of aryl methyl sites for hydroxylation is 1. The van der Waals surface area contributed by atoms with Crippen LogP contribution < -0.4 is 20.5 Å². The lowest BCUT2D eigenvalue weighted by Crippen LogP contribution is -2.24. The summed E-state index contributed by atoms with van der Waals surface area (Å²) < 4.78 is 12.3. The molecular weight excluding hydrogens is 456 g/mol. The van der Waals surface area contributed by atoms with Gasteiger partial charge in [-0.05, 0) is 80.8 Å². The second-order valence-corrected chi connectivity index (χ2v) is 10.4. The first-order chi connectivity index (χ1) is 16.9. The fourth-order valence-corrected chi connectivity index (χ4v) is 4.64. The second kappa shape index (κ2) is 13.3. The molecule has 0 saturated heterocycles. The third-order valence-electron chi connectivity index (χ3n) is 5.51. The summed E-state index contributed by atoms with van der Waals surface area (Å²) in [6.45, 7) is 10.6. The molecule has 35 heavy (non-hydrogen) atoms. The van der Waals surface area contributed by atoms with E-state index in [2.05, 4.69) is 45.1 Å². The van der Waals surface area contributed by atoms with Gasteiger partial charge in [-0.25, -0.2) is 4.98 Å². The highest BCUT2D eigenvalue weighted by atomic mass is 32.1. The van der Waals surface area contributed by atoms with E-state index < -0.39 is 6.29 Å². The maximum absolute atomic E-state index is 7.54. The number of nitrogens with zero attached hydrogens (tertiary/aromatic N) is 1. The molecule has 1 heterocycles. The number of nitrogens with one attached hydrogen (secondary N) is 2. The Hall–Kier alpha value is -2.90. The van der Waals surface area contributed by atoms with E-state index in [0.717, 1.165) is 60.8 Å². The van der Waals surface area contributed by atoms with E-state index in [1.54, 1.807) is 23.5 Å². The van der Waals surface area contributed by atoms with E-state index >= 15 is 0 Å². The topological polar surface area (TPSA) is 93.2 Å². The van der Waals surface area contributed by atoms with Crippen LogP contribution in [-0.4, -0.2) is 30.2 Å². The van der Waals surface area contributed by atoms with Gasteiger partial charge < -0.3 is 20.5 Å². The maximum Gasteiger partial charge on any atom is 0.241 e. The van der Waals surface area contributed by atoms with Crippen LogP contribution in [0.15, 0.2) is 48.5 Å².